The van der Waals surface area contributed by atoms with E-state index in [4.69, 9.17) is 15.0 Å². The van der Waals surface area contributed by atoms with Gasteiger partial charge in [0.05, 0.1) is 22.8 Å². The van der Waals surface area contributed by atoms with E-state index in [0.717, 1.165) is 12.1 Å². The van der Waals surface area contributed by atoms with Gasteiger partial charge >= 0.3 is 6.18 Å². The maximum Gasteiger partial charge on any atom is 0.416 e. The Bertz CT molecular complexity index is 1410. The van der Waals surface area contributed by atoms with Crippen molar-refractivity contribution in [1.82, 2.24) is 9.80 Å². The topological polar surface area (TPSA) is 68.9 Å². The van der Waals surface area contributed by atoms with Gasteiger partial charge in [0.25, 0.3) is 5.91 Å². The molecule has 182 valence electrons. The average molecular weight is 490 g/mol. The van der Waals surface area contributed by atoms with Crippen molar-refractivity contribution in [2.75, 3.05) is 19.6 Å². The smallest absolute Gasteiger partial charge is 0.416 e. The van der Waals surface area contributed by atoms with E-state index in [2.05, 4.69) is 6.07 Å². The van der Waals surface area contributed by atoms with E-state index in [9.17, 15) is 18.0 Å². The van der Waals surface area contributed by atoms with Gasteiger partial charge in [0, 0.05) is 31.2 Å². The number of nitrogens with zero attached hydrogens (tertiary/aromatic N) is 4. The Labute approximate surface area is 205 Å². The molecule has 0 radical (unpaired) electrons. The van der Waals surface area contributed by atoms with Crippen LogP contribution in [0.2, 0.25) is 0 Å². The van der Waals surface area contributed by atoms with Gasteiger partial charge in [0.2, 0.25) is 0 Å². The minimum atomic E-state index is -4.50. The van der Waals surface area contributed by atoms with E-state index >= 15 is 0 Å². The highest BCUT2D eigenvalue weighted by Gasteiger charge is 2.34. The van der Waals surface area contributed by atoms with E-state index in [-0.39, 0.29) is 17.7 Å². The van der Waals surface area contributed by atoms with Crippen molar-refractivity contribution in [2.24, 2.45) is 4.99 Å². The SMILES string of the molecule is CC1CN(C2=Nc3ccc(C(F)(F)F)cc3Oc3ccccc32)CCN1C(=O)c1cccc(C#N)c1. The van der Waals surface area contributed by atoms with Crippen LogP contribution < -0.4 is 4.74 Å². The number of alkyl halides is 3. The monoisotopic (exact) mass is 490 g/mol. The Morgan fingerprint density at radius 3 is 2.61 bits per heavy atom. The lowest BCUT2D eigenvalue weighted by Crippen LogP contribution is -2.55. The summed E-state index contributed by atoms with van der Waals surface area (Å²) in [5.74, 6) is 0.866. The van der Waals surface area contributed by atoms with Crippen LogP contribution in [0.3, 0.4) is 0 Å². The number of ether oxygens (including phenoxy) is 1. The second kappa shape index (κ2) is 9.04. The lowest BCUT2D eigenvalue weighted by atomic mass is 10.1. The van der Waals surface area contributed by atoms with Crippen LogP contribution in [0, 0.1) is 11.3 Å². The van der Waals surface area contributed by atoms with Crippen LogP contribution >= 0.6 is 0 Å². The number of rotatable bonds is 1. The Hall–Kier alpha value is -4.32. The summed E-state index contributed by atoms with van der Waals surface area (Å²) in [5.41, 5.74) is 1.03. The normalized spacial score (nSPS) is 17.2. The van der Waals surface area contributed by atoms with Gasteiger partial charge in [-0.1, -0.05) is 18.2 Å². The van der Waals surface area contributed by atoms with Crippen LogP contribution in [-0.4, -0.2) is 47.2 Å². The molecular formula is C27H21F3N4O2. The average Bonchev–Trinajstić information content (AvgIpc) is 3.04. The van der Waals surface area contributed by atoms with E-state index in [1.807, 2.05) is 24.0 Å². The number of fused-ring (bicyclic) bond motifs is 2. The Balaban J connectivity index is 1.45. The van der Waals surface area contributed by atoms with Crippen LogP contribution in [0.5, 0.6) is 11.5 Å². The van der Waals surface area contributed by atoms with Crippen molar-refractivity contribution < 1.29 is 22.7 Å². The molecule has 1 amide bonds. The maximum absolute atomic E-state index is 13.3. The zero-order chi connectivity index (χ0) is 25.4. The lowest BCUT2D eigenvalue weighted by Gasteiger charge is -2.41. The number of para-hydroxylation sites is 1. The molecule has 1 fully saturated rings. The molecule has 0 N–H and O–H groups in total. The number of halogens is 3. The van der Waals surface area contributed by atoms with Gasteiger partial charge in [-0.05, 0) is 55.5 Å². The third-order valence-electron chi connectivity index (χ3n) is 6.29. The standard InChI is InChI=1S/C27H21F3N4O2/c1-17-16-33(11-12-34(17)26(35)19-6-4-5-18(13-19)15-31)25-21-7-2-3-8-23(21)36-24-14-20(27(28,29)30)9-10-22(24)32-25/h2-10,13-14,17H,11-12,16H2,1H3. The summed E-state index contributed by atoms with van der Waals surface area (Å²) in [5, 5.41) is 9.15. The highest BCUT2D eigenvalue weighted by atomic mass is 19.4. The summed E-state index contributed by atoms with van der Waals surface area (Å²) in [6, 6.07) is 18.9. The van der Waals surface area contributed by atoms with Crippen molar-refractivity contribution in [3.8, 4) is 17.6 Å². The van der Waals surface area contributed by atoms with Crippen LogP contribution in [-0.2, 0) is 6.18 Å². The second-order valence-electron chi connectivity index (χ2n) is 8.70. The van der Waals surface area contributed by atoms with Gasteiger partial charge in [0.15, 0.2) is 5.75 Å². The zero-order valence-electron chi connectivity index (χ0n) is 19.3. The minimum absolute atomic E-state index is 0.0338. The molecule has 3 aromatic rings. The fraction of sp³-hybridized carbons (Fsp3) is 0.222. The fourth-order valence-corrected chi connectivity index (χ4v) is 4.48. The summed E-state index contributed by atoms with van der Waals surface area (Å²) < 4.78 is 45.7. The highest BCUT2D eigenvalue weighted by molar-refractivity contribution is 6.04. The number of carbonyl (C=O) groups excluding carboxylic acids is 1. The van der Waals surface area contributed by atoms with Gasteiger partial charge in [-0.3, -0.25) is 4.79 Å². The molecule has 0 bridgehead atoms. The van der Waals surface area contributed by atoms with Gasteiger partial charge in [-0.2, -0.15) is 18.4 Å². The van der Waals surface area contributed by atoms with Gasteiger partial charge in [0.1, 0.15) is 17.3 Å². The molecule has 0 aromatic heterocycles. The third kappa shape index (κ3) is 4.38. The largest absolute Gasteiger partial charge is 0.454 e. The highest BCUT2D eigenvalue weighted by Crippen LogP contribution is 2.42. The first kappa shape index (κ1) is 23.4. The molecule has 9 heteroatoms. The van der Waals surface area contributed by atoms with E-state index in [1.54, 1.807) is 41.3 Å². The van der Waals surface area contributed by atoms with Crippen molar-refractivity contribution >= 4 is 17.4 Å². The molecule has 1 atom stereocenters. The summed E-state index contributed by atoms with van der Waals surface area (Å²) in [6.45, 7) is 3.28. The van der Waals surface area contributed by atoms with Crippen LogP contribution in [0.4, 0.5) is 18.9 Å². The lowest BCUT2D eigenvalue weighted by molar-refractivity contribution is -0.137. The zero-order valence-corrected chi connectivity index (χ0v) is 19.3. The van der Waals surface area contributed by atoms with E-state index in [1.165, 1.54) is 6.07 Å². The molecule has 3 aromatic carbocycles. The number of benzene rings is 3. The van der Waals surface area contributed by atoms with E-state index in [0.29, 0.717) is 53.6 Å². The number of hydrogen-bond donors (Lipinski definition) is 0. The maximum atomic E-state index is 13.3. The molecule has 36 heavy (non-hydrogen) atoms. The number of piperazine rings is 1. The van der Waals surface area contributed by atoms with Crippen LogP contribution in [0.25, 0.3) is 0 Å². The summed E-state index contributed by atoms with van der Waals surface area (Å²) in [6.07, 6.45) is -4.50. The number of amides is 1. The number of hydrogen-bond acceptors (Lipinski definition) is 5. The molecule has 6 nitrogen and oxygen atoms in total. The Morgan fingerprint density at radius 1 is 1.06 bits per heavy atom. The van der Waals surface area contributed by atoms with Crippen molar-refractivity contribution in [3.63, 3.8) is 0 Å². The van der Waals surface area contributed by atoms with Crippen LogP contribution in [0.1, 0.15) is 34.0 Å². The molecular weight excluding hydrogens is 469 g/mol. The molecule has 0 saturated carbocycles. The van der Waals surface area contributed by atoms with Gasteiger partial charge in [-0.15, -0.1) is 0 Å². The number of amidine groups is 1. The first-order chi connectivity index (χ1) is 17.2. The molecule has 2 aliphatic heterocycles. The molecule has 2 aliphatic rings. The van der Waals surface area contributed by atoms with Crippen molar-refractivity contribution in [3.05, 3.63) is 89.0 Å². The summed E-state index contributed by atoms with van der Waals surface area (Å²) >= 11 is 0. The summed E-state index contributed by atoms with van der Waals surface area (Å²) in [7, 11) is 0. The number of nitriles is 1. The first-order valence-corrected chi connectivity index (χ1v) is 11.4. The van der Waals surface area contributed by atoms with Gasteiger partial charge < -0.3 is 14.5 Å². The third-order valence-corrected chi connectivity index (χ3v) is 6.29. The van der Waals surface area contributed by atoms with Gasteiger partial charge in [-0.25, -0.2) is 4.99 Å². The second-order valence-corrected chi connectivity index (χ2v) is 8.70. The summed E-state index contributed by atoms with van der Waals surface area (Å²) in [4.78, 5) is 21.7. The molecule has 2 heterocycles. The van der Waals surface area contributed by atoms with Crippen molar-refractivity contribution in [2.45, 2.75) is 19.1 Å². The Morgan fingerprint density at radius 2 is 1.86 bits per heavy atom. The van der Waals surface area contributed by atoms with Crippen LogP contribution in [0.15, 0.2) is 71.7 Å². The predicted octanol–water partition coefficient (Wildman–Crippen LogP) is 5.61. The van der Waals surface area contributed by atoms with Crippen molar-refractivity contribution in [1.29, 1.82) is 5.26 Å². The molecule has 1 saturated heterocycles. The first-order valence-electron chi connectivity index (χ1n) is 11.4. The Kier molecular flexibility index (Phi) is 5.88. The molecule has 0 aliphatic carbocycles. The minimum Gasteiger partial charge on any atom is -0.454 e. The van der Waals surface area contributed by atoms with E-state index < -0.39 is 11.7 Å². The quantitative estimate of drug-likeness (QED) is 0.445. The number of carbonyl (C=O) groups is 1. The molecule has 1 unspecified atom stereocenters. The number of aliphatic imine (C=N–C) groups is 1. The fourth-order valence-electron chi connectivity index (χ4n) is 4.48. The predicted molar refractivity (Wildman–Crippen MR) is 127 cm³/mol. The molecule has 5 rings (SSSR count). The molecule has 0 spiro atoms.